The maximum atomic E-state index is 14.0. The number of ether oxygens (including phenoxy) is 1. The number of alkyl halides is 6. The molecular weight excluding hydrogens is 566 g/mol. The molecule has 2 aromatic heterocycles. The first-order valence-corrected chi connectivity index (χ1v) is 13.0. The minimum absolute atomic E-state index is 0.0373. The standard InChI is InChI=1S/C27H26F6N8O/c1-39-22-15-20(36-21(16-34)25(22)37-38-39)17-3-4-23(19(13-17)27(31,32)33)42-12-2-7-40-8-10-41(11-9-40)24-14-18(5-6-35-24)26(28,29)30/h3-6,13-15,37-38H,2,7-12H2,1H3. The quantitative estimate of drug-likeness (QED) is 0.293. The smallest absolute Gasteiger partial charge is 0.419 e. The van der Waals surface area contributed by atoms with Crippen molar-refractivity contribution in [3.63, 3.8) is 0 Å². The molecule has 4 heterocycles. The minimum Gasteiger partial charge on any atom is -0.493 e. The van der Waals surface area contributed by atoms with Gasteiger partial charge >= 0.3 is 12.4 Å². The molecule has 0 amide bonds. The number of anilines is 3. The van der Waals surface area contributed by atoms with Gasteiger partial charge in [-0.3, -0.25) is 15.3 Å². The van der Waals surface area contributed by atoms with E-state index in [9.17, 15) is 31.6 Å². The number of benzene rings is 1. The predicted molar refractivity (Wildman–Crippen MR) is 143 cm³/mol. The van der Waals surface area contributed by atoms with Crippen molar-refractivity contribution in [1.82, 2.24) is 20.4 Å². The third-order valence-electron chi connectivity index (χ3n) is 7.04. The van der Waals surface area contributed by atoms with Crippen LogP contribution in [0.25, 0.3) is 11.3 Å². The van der Waals surface area contributed by atoms with Crippen LogP contribution in [-0.2, 0) is 12.4 Å². The molecule has 1 fully saturated rings. The van der Waals surface area contributed by atoms with Crippen molar-refractivity contribution < 1.29 is 31.1 Å². The zero-order valence-electron chi connectivity index (χ0n) is 22.4. The van der Waals surface area contributed by atoms with E-state index in [0.29, 0.717) is 50.5 Å². The number of piperazine rings is 1. The first-order chi connectivity index (χ1) is 19.9. The molecule has 222 valence electrons. The number of nitrogens with one attached hydrogen (secondary N) is 2. The number of halogens is 6. The SMILES string of the molecule is CN1NNc2c1cc(-c1ccc(OCCCN3CCN(c4cc(C(F)(F)F)ccn4)CC3)c(C(F)(F)F)c1)nc2C#N. The second-order valence-corrected chi connectivity index (χ2v) is 9.80. The summed E-state index contributed by atoms with van der Waals surface area (Å²) in [4.78, 5) is 12.1. The van der Waals surface area contributed by atoms with E-state index < -0.39 is 23.5 Å². The van der Waals surface area contributed by atoms with E-state index in [-0.39, 0.29) is 35.1 Å². The molecule has 2 aliphatic rings. The van der Waals surface area contributed by atoms with Gasteiger partial charge in [-0.1, -0.05) is 0 Å². The molecule has 0 radical (unpaired) electrons. The molecule has 9 nitrogen and oxygen atoms in total. The molecule has 0 bridgehead atoms. The Morgan fingerprint density at radius 3 is 2.45 bits per heavy atom. The summed E-state index contributed by atoms with van der Waals surface area (Å²) in [6, 6.07) is 9.18. The van der Waals surface area contributed by atoms with Gasteiger partial charge in [0.1, 0.15) is 23.3 Å². The van der Waals surface area contributed by atoms with Gasteiger partial charge in [-0.2, -0.15) is 31.6 Å². The normalized spacial score (nSPS) is 15.8. The first-order valence-electron chi connectivity index (χ1n) is 13.0. The van der Waals surface area contributed by atoms with Crippen LogP contribution in [0.3, 0.4) is 0 Å². The topological polar surface area (TPSA) is 92.6 Å². The van der Waals surface area contributed by atoms with Gasteiger partial charge in [0, 0.05) is 51.5 Å². The lowest BCUT2D eigenvalue weighted by Crippen LogP contribution is -2.47. The Kier molecular flexibility index (Phi) is 8.02. The molecule has 2 aliphatic heterocycles. The number of nitriles is 1. The van der Waals surface area contributed by atoms with Crippen LogP contribution in [0.1, 0.15) is 23.2 Å². The van der Waals surface area contributed by atoms with Gasteiger partial charge in [-0.05, 0) is 42.8 Å². The number of rotatable bonds is 7. The molecule has 1 saturated heterocycles. The summed E-state index contributed by atoms with van der Waals surface area (Å²) < 4.78 is 86.5. The Morgan fingerprint density at radius 1 is 1.00 bits per heavy atom. The van der Waals surface area contributed by atoms with Crippen LogP contribution in [0.2, 0.25) is 0 Å². The highest BCUT2D eigenvalue weighted by Crippen LogP contribution is 2.40. The van der Waals surface area contributed by atoms with Crippen LogP contribution < -0.4 is 25.6 Å². The lowest BCUT2D eigenvalue weighted by Gasteiger charge is -2.35. The van der Waals surface area contributed by atoms with Crippen molar-refractivity contribution in [1.29, 1.82) is 5.26 Å². The fourth-order valence-electron chi connectivity index (χ4n) is 4.82. The number of aromatic nitrogens is 2. The summed E-state index contributed by atoms with van der Waals surface area (Å²) in [7, 11) is 1.69. The Bertz CT molecular complexity index is 1480. The number of nitrogens with zero attached hydrogens (tertiary/aromatic N) is 6. The van der Waals surface area contributed by atoms with Crippen molar-refractivity contribution >= 4 is 17.2 Å². The average Bonchev–Trinajstić information content (AvgIpc) is 3.34. The van der Waals surface area contributed by atoms with Crippen molar-refractivity contribution in [3.8, 4) is 23.1 Å². The van der Waals surface area contributed by atoms with Crippen molar-refractivity contribution in [3.05, 3.63) is 59.4 Å². The Hall–Kier alpha value is -4.29. The lowest BCUT2D eigenvalue weighted by molar-refractivity contribution is -0.139. The Labute approximate surface area is 237 Å². The van der Waals surface area contributed by atoms with Gasteiger partial charge in [0.05, 0.1) is 29.1 Å². The molecule has 15 heteroatoms. The fourth-order valence-corrected chi connectivity index (χ4v) is 4.82. The number of hydrogen-bond acceptors (Lipinski definition) is 9. The van der Waals surface area contributed by atoms with Gasteiger partial charge in [0.15, 0.2) is 5.69 Å². The second-order valence-electron chi connectivity index (χ2n) is 9.80. The monoisotopic (exact) mass is 592 g/mol. The van der Waals surface area contributed by atoms with E-state index in [1.807, 2.05) is 6.07 Å². The number of hydrogen-bond donors (Lipinski definition) is 2. The highest BCUT2D eigenvalue weighted by Gasteiger charge is 2.35. The maximum Gasteiger partial charge on any atom is 0.419 e. The zero-order valence-corrected chi connectivity index (χ0v) is 22.4. The van der Waals surface area contributed by atoms with E-state index in [0.717, 1.165) is 24.4 Å². The van der Waals surface area contributed by atoms with Crippen LogP contribution in [0.15, 0.2) is 42.6 Å². The summed E-state index contributed by atoms with van der Waals surface area (Å²) in [5, 5.41) is 11.0. The summed E-state index contributed by atoms with van der Waals surface area (Å²) in [6.07, 6.45) is -7.54. The molecule has 0 spiro atoms. The molecule has 42 heavy (non-hydrogen) atoms. The third-order valence-corrected chi connectivity index (χ3v) is 7.04. The van der Waals surface area contributed by atoms with Crippen molar-refractivity contribution in [2.24, 2.45) is 0 Å². The van der Waals surface area contributed by atoms with Gasteiger partial charge in [-0.25, -0.2) is 9.97 Å². The van der Waals surface area contributed by atoms with E-state index in [4.69, 9.17) is 4.74 Å². The number of fused-ring (bicyclic) bond motifs is 1. The van der Waals surface area contributed by atoms with Gasteiger partial charge < -0.3 is 9.64 Å². The molecule has 0 atom stereocenters. The minimum atomic E-state index is -4.69. The van der Waals surface area contributed by atoms with Crippen LogP contribution in [0, 0.1) is 11.3 Å². The third kappa shape index (κ3) is 6.29. The summed E-state index contributed by atoms with van der Waals surface area (Å²) in [5.41, 5.74) is 5.34. The van der Waals surface area contributed by atoms with Gasteiger partial charge in [0.25, 0.3) is 0 Å². The highest BCUT2D eigenvalue weighted by atomic mass is 19.4. The van der Waals surface area contributed by atoms with Gasteiger partial charge in [-0.15, -0.1) is 5.53 Å². The summed E-state index contributed by atoms with van der Waals surface area (Å²) in [5.74, 6) is -0.0518. The van der Waals surface area contributed by atoms with Crippen LogP contribution in [-0.4, -0.2) is 61.2 Å². The second kappa shape index (κ2) is 11.5. The van der Waals surface area contributed by atoms with Crippen LogP contribution in [0.5, 0.6) is 5.75 Å². The number of pyridine rings is 2. The fraction of sp³-hybridized carbons (Fsp3) is 0.370. The number of hydrazine groups is 2. The Balaban J connectivity index is 1.19. The summed E-state index contributed by atoms with van der Waals surface area (Å²) >= 11 is 0. The van der Waals surface area contributed by atoms with E-state index in [1.165, 1.54) is 12.1 Å². The van der Waals surface area contributed by atoms with Crippen LogP contribution in [0.4, 0.5) is 43.5 Å². The van der Waals surface area contributed by atoms with Crippen molar-refractivity contribution in [2.45, 2.75) is 18.8 Å². The average molecular weight is 593 g/mol. The van der Waals surface area contributed by atoms with E-state index in [2.05, 4.69) is 25.8 Å². The molecule has 0 unspecified atom stereocenters. The lowest BCUT2D eigenvalue weighted by atomic mass is 10.0. The van der Waals surface area contributed by atoms with E-state index >= 15 is 0 Å². The molecule has 0 saturated carbocycles. The maximum absolute atomic E-state index is 14.0. The molecule has 3 aromatic rings. The zero-order chi connectivity index (χ0) is 30.1. The predicted octanol–water partition coefficient (Wildman–Crippen LogP) is 4.93. The first kappa shape index (κ1) is 29.2. The molecule has 1 aromatic carbocycles. The van der Waals surface area contributed by atoms with Gasteiger partial charge in [0.2, 0.25) is 0 Å². The van der Waals surface area contributed by atoms with Crippen LogP contribution >= 0.6 is 0 Å². The van der Waals surface area contributed by atoms with E-state index in [1.54, 1.807) is 23.0 Å². The molecule has 0 aliphatic carbocycles. The molecule has 5 rings (SSSR count). The largest absolute Gasteiger partial charge is 0.493 e. The molecule has 2 N–H and O–H groups in total. The molecular formula is C27H26F6N8O. The summed E-state index contributed by atoms with van der Waals surface area (Å²) in [6.45, 7) is 2.67. The Morgan fingerprint density at radius 2 is 1.76 bits per heavy atom. The highest BCUT2D eigenvalue weighted by molar-refractivity contribution is 5.81. The van der Waals surface area contributed by atoms with Crippen molar-refractivity contribution in [2.75, 3.05) is 61.7 Å².